The first kappa shape index (κ1) is 15.0. The van der Waals surface area contributed by atoms with Crippen LogP contribution >= 0.6 is 0 Å². The minimum absolute atomic E-state index is 0.0853. The molecule has 0 amide bonds. The van der Waals surface area contributed by atoms with E-state index in [1.807, 2.05) is 30.3 Å². The molecule has 21 heavy (non-hydrogen) atoms. The Morgan fingerprint density at radius 3 is 2.43 bits per heavy atom. The number of piperidine rings is 1. The third kappa shape index (κ3) is 3.00. The average molecular weight is 308 g/mol. The molecule has 5 heteroatoms. The van der Waals surface area contributed by atoms with E-state index in [9.17, 15) is 8.42 Å². The smallest absolute Gasteiger partial charge is 0.218 e. The molecular formula is C16H24N2O2S. The first-order valence-electron chi connectivity index (χ1n) is 7.75. The third-order valence-corrected chi connectivity index (χ3v) is 6.85. The van der Waals surface area contributed by atoms with Crippen molar-refractivity contribution in [1.82, 2.24) is 9.21 Å². The molecule has 2 fully saturated rings. The van der Waals surface area contributed by atoms with Crippen molar-refractivity contribution >= 4 is 10.0 Å². The summed E-state index contributed by atoms with van der Waals surface area (Å²) >= 11 is 0. The summed E-state index contributed by atoms with van der Waals surface area (Å²) in [5, 5.41) is 0. The fraction of sp³-hybridized carbons (Fsp3) is 0.625. The number of benzene rings is 1. The fourth-order valence-corrected chi connectivity index (χ4v) is 5.41. The first-order chi connectivity index (χ1) is 10.0. The van der Waals surface area contributed by atoms with Gasteiger partial charge in [-0.3, -0.25) is 4.90 Å². The Morgan fingerprint density at radius 2 is 1.76 bits per heavy atom. The van der Waals surface area contributed by atoms with Crippen LogP contribution in [0.1, 0.15) is 31.2 Å². The summed E-state index contributed by atoms with van der Waals surface area (Å²) in [6.07, 6.45) is 4.41. The van der Waals surface area contributed by atoms with Crippen LogP contribution in [0, 0.1) is 0 Å². The Labute approximate surface area is 127 Å². The van der Waals surface area contributed by atoms with E-state index in [1.54, 1.807) is 4.31 Å². The molecule has 0 aromatic heterocycles. The van der Waals surface area contributed by atoms with Gasteiger partial charge < -0.3 is 0 Å². The van der Waals surface area contributed by atoms with Crippen LogP contribution in [0.5, 0.6) is 0 Å². The Hall–Kier alpha value is -0.910. The lowest BCUT2D eigenvalue weighted by atomic mass is 9.88. The number of hydrogen-bond donors (Lipinski definition) is 0. The molecule has 2 heterocycles. The van der Waals surface area contributed by atoms with E-state index < -0.39 is 10.0 Å². The number of hydrogen-bond acceptors (Lipinski definition) is 3. The van der Waals surface area contributed by atoms with Crippen molar-refractivity contribution < 1.29 is 8.42 Å². The molecule has 2 saturated heterocycles. The summed E-state index contributed by atoms with van der Waals surface area (Å²) in [5.41, 5.74) is 0.957. The standard InChI is InChI=1S/C16H24N2O2S/c1-17-11-5-9-16(17)10-6-12-18(14-16)21(19,20)13-15-7-3-2-4-8-15/h2-4,7-8H,5-6,9-14H2,1H3. The van der Waals surface area contributed by atoms with E-state index in [0.29, 0.717) is 13.1 Å². The minimum Gasteiger partial charge on any atom is -0.299 e. The average Bonchev–Trinajstić information content (AvgIpc) is 2.80. The zero-order valence-electron chi connectivity index (χ0n) is 12.7. The van der Waals surface area contributed by atoms with E-state index in [2.05, 4.69) is 11.9 Å². The van der Waals surface area contributed by atoms with Crippen molar-refractivity contribution in [3.8, 4) is 0 Å². The number of rotatable bonds is 3. The minimum atomic E-state index is -3.22. The Bertz CT molecular complexity index is 588. The van der Waals surface area contributed by atoms with Gasteiger partial charge in [-0.25, -0.2) is 8.42 Å². The second kappa shape index (κ2) is 5.71. The van der Waals surface area contributed by atoms with Gasteiger partial charge in [0.25, 0.3) is 0 Å². The molecule has 1 atom stereocenters. The number of sulfonamides is 1. The van der Waals surface area contributed by atoms with Gasteiger partial charge in [-0.15, -0.1) is 0 Å². The summed E-state index contributed by atoms with van der Waals surface area (Å²) in [7, 11) is -1.08. The van der Waals surface area contributed by atoms with Gasteiger partial charge in [0.2, 0.25) is 10.0 Å². The third-order valence-electron chi connectivity index (χ3n) is 5.05. The van der Waals surface area contributed by atoms with Crippen molar-refractivity contribution in [2.24, 2.45) is 0 Å². The van der Waals surface area contributed by atoms with Crippen LogP contribution in [0.3, 0.4) is 0 Å². The normalized spacial score (nSPS) is 28.2. The maximum atomic E-state index is 12.7. The molecule has 2 aliphatic heterocycles. The van der Waals surface area contributed by atoms with Crippen LogP contribution in [0.25, 0.3) is 0 Å². The van der Waals surface area contributed by atoms with Crippen LogP contribution in [0.15, 0.2) is 30.3 Å². The topological polar surface area (TPSA) is 40.6 Å². The van der Waals surface area contributed by atoms with Crippen molar-refractivity contribution in [2.75, 3.05) is 26.7 Å². The highest BCUT2D eigenvalue weighted by Gasteiger charge is 2.44. The van der Waals surface area contributed by atoms with Crippen LogP contribution < -0.4 is 0 Å². The summed E-state index contributed by atoms with van der Waals surface area (Å²) in [6.45, 7) is 2.43. The van der Waals surface area contributed by atoms with Gasteiger partial charge in [0.15, 0.2) is 0 Å². The summed E-state index contributed by atoms with van der Waals surface area (Å²) < 4.78 is 27.1. The van der Waals surface area contributed by atoms with Gasteiger partial charge in [-0.1, -0.05) is 30.3 Å². The highest BCUT2D eigenvalue weighted by Crippen LogP contribution is 2.37. The number of nitrogens with zero attached hydrogens (tertiary/aromatic N) is 2. The second-order valence-electron chi connectivity index (χ2n) is 6.43. The van der Waals surface area contributed by atoms with E-state index in [1.165, 1.54) is 6.42 Å². The molecule has 4 nitrogen and oxygen atoms in total. The number of likely N-dealkylation sites (tertiary alicyclic amines) is 1. The molecule has 0 bridgehead atoms. The molecule has 116 valence electrons. The molecule has 1 aromatic rings. The fourth-order valence-electron chi connectivity index (χ4n) is 3.77. The predicted molar refractivity (Wildman–Crippen MR) is 84.5 cm³/mol. The lowest BCUT2D eigenvalue weighted by Crippen LogP contribution is -2.55. The van der Waals surface area contributed by atoms with Gasteiger partial charge >= 0.3 is 0 Å². The van der Waals surface area contributed by atoms with Gasteiger partial charge in [0, 0.05) is 18.6 Å². The van der Waals surface area contributed by atoms with E-state index in [4.69, 9.17) is 0 Å². The SMILES string of the molecule is CN1CCCC12CCCN(S(=O)(=O)Cc1ccccc1)C2. The zero-order valence-corrected chi connectivity index (χ0v) is 13.5. The van der Waals surface area contributed by atoms with Crippen LogP contribution in [-0.4, -0.2) is 49.8 Å². The summed E-state index contributed by atoms with van der Waals surface area (Å²) in [6, 6.07) is 9.48. The van der Waals surface area contributed by atoms with E-state index in [-0.39, 0.29) is 11.3 Å². The Kier molecular flexibility index (Phi) is 4.08. The first-order valence-corrected chi connectivity index (χ1v) is 9.36. The second-order valence-corrected chi connectivity index (χ2v) is 8.40. The molecule has 1 aromatic carbocycles. The lowest BCUT2D eigenvalue weighted by molar-refractivity contribution is 0.0965. The van der Waals surface area contributed by atoms with Gasteiger partial charge in [0.1, 0.15) is 0 Å². The predicted octanol–water partition coefficient (Wildman–Crippen LogP) is 2.08. The molecule has 2 aliphatic rings. The van der Waals surface area contributed by atoms with E-state index >= 15 is 0 Å². The molecule has 1 spiro atoms. The Morgan fingerprint density at radius 1 is 1.10 bits per heavy atom. The summed E-state index contributed by atoms with van der Waals surface area (Å²) in [4.78, 5) is 2.37. The maximum absolute atomic E-state index is 12.7. The summed E-state index contributed by atoms with van der Waals surface area (Å²) in [5.74, 6) is 0.119. The molecule has 0 N–H and O–H groups in total. The molecule has 1 unspecified atom stereocenters. The molecule has 0 radical (unpaired) electrons. The molecular weight excluding hydrogens is 284 g/mol. The van der Waals surface area contributed by atoms with Crippen molar-refractivity contribution in [2.45, 2.75) is 37.0 Å². The highest BCUT2D eigenvalue weighted by molar-refractivity contribution is 7.88. The van der Waals surface area contributed by atoms with Crippen molar-refractivity contribution in [1.29, 1.82) is 0 Å². The molecule has 3 rings (SSSR count). The number of likely N-dealkylation sites (N-methyl/N-ethyl adjacent to an activating group) is 1. The van der Waals surface area contributed by atoms with Crippen LogP contribution in [0.2, 0.25) is 0 Å². The monoisotopic (exact) mass is 308 g/mol. The van der Waals surface area contributed by atoms with E-state index in [0.717, 1.165) is 31.4 Å². The maximum Gasteiger partial charge on any atom is 0.218 e. The Balaban J connectivity index is 1.76. The van der Waals surface area contributed by atoms with Gasteiger partial charge in [-0.2, -0.15) is 4.31 Å². The van der Waals surface area contributed by atoms with Crippen molar-refractivity contribution in [3.63, 3.8) is 0 Å². The zero-order chi connectivity index (χ0) is 14.9. The molecule has 0 aliphatic carbocycles. The highest BCUT2D eigenvalue weighted by atomic mass is 32.2. The van der Waals surface area contributed by atoms with Crippen LogP contribution in [-0.2, 0) is 15.8 Å². The molecule has 0 saturated carbocycles. The largest absolute Gasteiger partial charge is 0.299 e. The van der Waals surface area contributed by atoms with Gasteiger partial charge in [0.05, 0.1) is 5.75 Å². The van der Waals surface area contributed by atoms with Crippen molar-refractivity contribution in [3.05, 3.63) is 35.9 Å². The van der Waals surface area contributed by atoms with Crippen LogP contribution in [0.4, 0.5) is 0 Å². The lowest BCUT2D eigenvalue weighted by Gasteiger charge is -2.44. The quantitative estimate of drug-likeness (QED) is 0.858. The van der Waals surface area contributed by atoms with Gasteiger partial charge in [-0.05, 0) is 44.8 Å².